The van der Waals surface area contributed by atoms with Crippen molar-refractivity contribution in [3.8, 4) is 23.3 Å². The van der Waals surface area contributed by atoms with Crippen LogP contribution >= 0.6 is 0 Å². The fraction of sp³-hybridized carbons (Fsp3) is 0.385. The highest BCUT2D eigenvalue weighted by atomic mass is 16.5. The Balaban J connectivity index is 2.85. The first kappa shape index (κ1) is 12.4. The van der Waals surface area contributed by atoms with Gasteiger partial charge in [0.25, 0.3) is 0 Å². The SMILES string of the molecule is COc1ccc(OC)c(C#CCCCO)c1. The van der Waals surface area contributed by atoms with Gasteiger partial charge in [0, 0.05) is 13.0 Å². The van der Waals surface area contributed by atoms with Crippen LogP contribution in [0.3, 0.4) is 0 Å². The standard InChI is InChI=1S/C13H16O3/c1-15-12-7-8-13(16-2)11(10-12)6-4-3-5-9-14/h7-8,10,14H,3,5,9H2,1-2H3. The molecule has 0 fully saturated rings. The molecule has 0 saturated heterocycles. The number of ether oxygens (including phenoxy) is 2. The predicted molar refractivity (Wildman–Crippen MR) is 62.7 cm³/mol. The molecule has 16 heavy (non-hydrogen) atoms. The maximum atomic E-state index is 8.63. The first-order chi connectivity index (χ1) is 7.81. The summed E-state index contributed by atoms with van der Waals surface area (Å²) in [5, 5.41) is 8.63. The third-order valence-electron chi connectivity index (χ3n) is 2.09. The Bertz CT molecular complexity index is 388. The van der Waals surface area contributed by atoms with Gasteiger partial charge in [0.15, 0.2) is 0 Å². The van der Waals surface area contributed by atoms with Gasteiger partial charge in [-0.15, -0.1) is 0 Å². The summed E-state index contributed by atoms with van der Waals surface area (Å²) in [7, 11) is 3.23. The molecule has 1 aromatic carbocycles. The van der Waals surface area contributed by atoms with Crippen molar-refractivity contribution in [3.63, 3.8) is 0 Å². The topological polar surface area (TPSA) is 38.7 Å². The molecule has 0 aliphatic heterocycles. The second-order valence-corrected chi connectivity index (χ2v) is 3.20. The van der Waals surface area contributed by atoms with Crippen LogP contribution in [0.15, 0.2) is 18.2 Å². The number of hydrogen-bond donors (Lipinski definition) is 1. The van der Waals surface area contributed by atoms with Crippen LogP contribution in [-0.4, -0.2) is 25.9 Å². The molecule has 0 aliphatic carbocycles. The van der Waals surface area contributed by atoms with Gasteiger partial charge in [0.1, 0.15) is 11.5 Å². The second-order valence-electron chi connectivity index (χ2n) is 3.20. The highest BCUT2D eigenvalue weighted by Gasteiger charge is 2.01. The monoisotopic (exact) mass is 220 g/mol. The summed E-state index contributed by atoms with van der Waals surface area (Å²) in [5.41, 5.74) is 0.805. The van der Waals surface area contributed by atoms with Crippen LogP contribution in [0.4, 0.5) is 0 Å². The highest BCUT2D eigenvalue weighted by molar-refractivity contribution is 5.50. The van der Waals surface area contributed by atoms with E-state index in [0.29, 0.717) is 12.8 Å². The normalized spacial score (nSPS) is 9.19. The van der Waals surface area contributed by atoms with E-state index in [-0.39, 0.29) is 6.61 Å². The van der Waals surface area contributed by atoms with Crippen molar-refractivity contribution in [1.29, 1.82) is 0 Å². The molecule has 3 heteroatoms. The lowest BCUT2D eigenvalue weighted by Crippen LogP contribution is -1.90. The summed E-state index contributed by atoms with van der Waals surface area (Å²) in [6.45, 7) is 0.171. The van der Waals surface area contributed by atoms with Crippen LogP contribution in [0.1, 0.15) is 18.4 Å². The number of aliphatic hydroxyl groups excluding tert-OH is 1. The van der Waals surface area contributed by atoms with Crippen LogP contribution in [0.5, 0.6) is 11.5 Å². The van der Waals surface area contributed by atoms with Gasteiger partial charge in [0.05, 0.1) is 19.8 Å². The number of aliphatic hydroxyl groups is 1. The molecule has 0 radical (unpaired) electrons. The molecule has 86 valence electrons. The zero-order valence-corrected chi connectivity index (χ0v) is 9.62. The van der Waals surface area contributed by atoms with E-state index in [1.54, 1.807) is 14.2 Å². The van der Waals surface area contributed by atoms with Crippen molar-refractivity contribution in [2.24, 2.45) is 0 Å². The smallest absolute Gasteiger partial charge is 0.134 e. The van der Waals surface area contributed by atoms with Crippen LogP contribution < -0.4 is 9.47 Å². The molecule has 0 amide bonds. The number of rotatable bonds is 4. The van der Waals surface area contributed by atoms with Gasteiger partial charge < -0.3 is 14.6 Å². The zero-order valence-electron chi connectivity index (χ0n) is 9.62. The molecule has 0 heterocycles. The summed E-state index contributed by atoms with van der Waals surface area (Å²) in [4.78, 5) is 0. The van der Waals surface area contributed by atoms with E-state index >= 15 is 0 Å². The van der Waals surface area contributed by atoms with Crippen LogP contribution in [-0.2, 0) is 0 Å². The molecule has 0 spiro atoms. The minimum atomic E-state index is 0.171. The first-order valence-electron chi connectivity index (χ1n) is 5.13. The Kier molecular flexibility index (Phi) is 5.24. The Morgan fingerprint density at radius 3 is 2.69 bits per heavy atom. The van der Waals surface area contributed by atoms with Crippen molar-refractivity contribution in [3.05, 3.63) is 23.8 Å². The number of methoxy groups -OCH3 is 2. The van der Waals surface area contributed by atoms with E-state index in [9.17, 15) is 0 Å². The lowest BCUT2D eigenvalue weighted by molar-refractivity contribution is 0.290. The van der Waals surface area contributed by atoms with E-state index < -0.39 is 0 Å². The Hall–Kier alpha value is -1.66. The van der Waals surface area contributed by atoms with Crippen LogP contribution in [0, 0.1) is 11.8 Å². The zero-order chi connectivity index (χ0) is 11.8. The molecule has 0 unspecified atom stereocenters. The maximum absolute atomic E-state index is 8.63. The van der Waals surface area contributed by atoms with E-state index in [1.807, 2.05) is 18.2 Å². The van der Waals surface area contributed by atoms with Crippen molar-refractivity contribution in [2.45, 2.75) is 12.8 Å². The lowest BCUT2D eigenvalue weighted by atomic mass is 10.2. The summed E-state index contributed by atoms with van der Waals surface area (Å²) in [5.74, 6) is 7.48. The third-order valence-corrected chi connectivity index (χ3v) is 2.09. The largest absolute Gasteiger partial charge is 0.497 e. The molecule has 0 atom stereocenters. The van der Waals surface area contributed by atoms with Gasteiger partial charge in [-0.3, -0.25) is 0 Å². The molecule has 0 bridgehead atoms. The summed E-state index contributed by atoms with van der Waals surface area (Å²) >= 11 is 0. The van der Waals surface area contributed by atoms with Gasteiger partial charge in [0.2, 0.25) is 0 Å². The summed E-state index contributed by atoms with van der Waals surface area (Å²) < 4.78 is 10.3. The van der Waals surface area contributed by atoms with Crippen molar-refractivity contribution >= 4 is 0 Å². The molecule has 3 nitrogen and oxygen atoms in total. The van der Waals surface area contributed by atoms with Crippen LogP contribution in [0.25, 0.3) is 0 Å². The van der Waals surface area contributed by atoms with Gasteiger partial charge in [-0.25, -0.2) is 0 Å². The first-order valence-corrected chi connectivity index (χ1v) is 5.13. The van der Waals surface area contributed by atoms with E-state index in [4.69, 9.17) is 14.6 Å². The van der Waals surface area contributed by atoms with Crippen molar-refractivity contribution in [1.82, 2.24) is 0 Å². The molecular formula is C13H16O3. The van der Waals surface area contributed by atoms with Crippen molar-refractivity contribution in [2.75, 3.05) is 20.8 Å². The summed E-state index contributed by atoms with van der Waals surface area (Å²) in [6.07, 6.45) is 1.37. The third kappa shape index (κ3) is 3.48. The van der Waals surface area contributed by atoms with Gasteiger partial charge >= 0.3 is 0 Å². The van der Waals surface area contributed by atoms with E-state index in [1.165, 1.54) is 0 Å². The minimum Gasteiger partial charge on any atom is -0.497 e. The van der Waals surface area contributed by atoms with Gasteiger partial charge in [-0.2, -0.15) is 0 Å². The van der Waals surface area contributed by atoms with Gasteiger partial charge in [-0.1, -0.05) is 11.8 Å². The maximum Gasteiger partial charge on any atom is 0.134 e. The fourth-order valence-corrected chi connectivity index (χ4v) is 1.24. The Labute approximate surface area is 96.0 Å². The fourth-order valence-electron chi connectivity index (χ4n) is 1.24. The highest BCUT2D eigenvalue weighted by Crippen LogP contribution is 2.22. The second kappa shape index (κ2) is 6.76. The number of hydrogen-bond acceptors (Lipinski definition) is 3. The molecule has 1 aromatic rings. The number of unbranched alkanes of at least 4 members (excludes halogenated alkanes) is 1. The lowest BCUT2D eigenvalue weighted by Gasteiger charge is -2.05. The molecule has 1 rings (SSSR count). The van der Waals surface area contributed by atoms with Crippen molar-refractivity contribution < 1.29 is 14.6 Å². The molecular weight excluding hydrogens is 204 g/mol. The molecule has 0 saturated carbocycles. The number of benzene rings is 1. The average Bonchev–Trinajstić information content (AvgIpc) is 2.34. The predicted octanol–water partition coefficient (Wildman–Crippen LogP) is 1.83. The quantitative estimate of drug-likeness (QED) is 0.621. The summed E-state index contributed by atoms with van der Waals surface area (Å²) in [6, 6.07) is 5.50. The Morgan fingerprint density at radius 1 is 1.25 bits per heavy atom. The minimum absolute atomic E-state index is 0.171. The Morgan fingerprint density at radius 2 is 2.06 bits per heavy atom. The van der Waals surface area contributed by atoms with Gasteiger partial charge in [-0.05, 0) is 24.6 Å². The van der Waals surface area contributed by atoms with Crippen LogP contribution in [0.2, 0.25) is 0 Å². The molecule has 0 aliphatic rings. The molecule has 0 aromatic heterocycles. The molecule has 1 N–H and O–H groups in total. The van der Waals surface area contributed by atoms with E-state index in [2.05, 4.69) is 11.8 Å². The average molecular weight is 220 g/mol. The van der Waals surface area contributed by atoms with E-state index in [0.717, 1.165) is 17.1 Å².